The minimum absolute atomic E-state index is 0.0113. The third-order valence-electron chi connectivity index (χ3n) is 5.97. The van der Waals surface area contributed by atoms with Gasteiger partial charge in [0.15, 0.2) is 15.5 Å². The topological polar surface area (TPSA) is 130 Å². The van der Waals surface area contributed by atoms with Gasteiger partial charge in [0.1, 0.15) is 12.2 Å². The fraction of sp³-hybridized carbons (Fsp3) is 0.478. The lowest BCUT2D eigenvalue weighted by molar-refractivity contribution is -0.142. The van der Waals surface area contributed by atoms with E-state index in [1.54, 1.807) is 17.0 Å². The van der Waals surface area contributed by atoms with Crippen LogP contribution in [0.4, 0.5) is 24.8 Å². The normalized spacial score (nSPS) is 16.7. The molecule has 0 bridgehead atoms. The highest BCUT2D eigenvalue weighted by Gasteiger charge is 2.40. The standard InChI is InChI=1S/C23H27F3N4O6S/c1-13(2)18-11-29(16-6-5-15(12-36-14(3)31)19(9-16)37(4,34)35)7-8-30(18)22-27-10-17(21(32)33)20(28-22)23(24,25)26/h5-6,9-10,13,18H,7-8,11-12H2,1-4H3,(H,32,33)/t18-/m0/s1. The second-order valence-corrected chi connectivity index (χ2v) is 11.0. The number of carbonyl (C=O) groups excluding carboxylic acids is 1. The van der Waals surface area contributed by atoms with Crippen molar-refractivity contribution in [1.82, 2.24) is 9.97 Å². The number of rotatable bonds is 7. The number of halogens is 3. The first-order valence-electron chi connectivity index (χ1n) is 11.2. The van der Waals surface area contributed by atoms with Gasteiger partial charge in [0, 0.05) is 50.3 Å². The summed E-state index contributed by atoms with van der Waals surface area (Å²) in [6.45, 7) is 5.60. The molecule has 1 N–H and O–H groups in total. The minimum Gasteiger partial charge on any atom is -0.478 e. The van der Waals surface area contributed by atoms with Crippen molar-refractivity contribution >= 4 is 33.4 Å². The number of hydrogen-bond acceptors (Lipinski definition) is 9. The largest absolute Gasteiger partial charge is 0.478 e. The molecule has 1 saturated heterocycles. The Hall–Kier alpha value is -3.42. The molecule has 2 aromatic rings. The number of carboxylic acids is 1. The van der Waals surface area contributed by atoms with E-state index in [0.717, 1.165) is 6.26 Å². The Morgan fingerprint density at radius 1 is 1.24 bits per heavy atom. The molecule has 1 aromatic carbocycles. The molecule has 10 nitrogen and oxygen atoms in total. The molecular formula is C23H27F3N4O6S. The number of carbonyl (C=O) groups is 2. The maximum absolute atomic E-state index is 13.5. The van der Waals surface area contributed by atoms with Crippen molar-refractivity contribution in [2.24, 2.45) is 5.92 Å². The lowest BCUT2D eigenvalue weighted by atomic mass is 9.99. The lowest BCUT2D eigenvalue weighted by Crippen LogP contribution is -2.56. The van der Waals surface area contributed by atoms with Crippen molar-refractivity contribution in [3.05, 3.63) is 41.2 Å². The van der Waals surface area contributed by atoms with Gasteiger partial charge in [-0.15, -0.1) is 0 Å². The van der Waals surface area contributed by atoms with Crippen LogP contribution in [0.1, 0.15) is 42.4 Å². The number of nitrogens with zero attached hydrogens (tertiary/aromatic N) is 4. The van der Waals surface area contributed by atoms with Crippen molar-refractivity contribution < 1.29 is 41.0 Å². The van der Waals surface area contributed by atoms with Crippen LogP contribution in [0.25, 0.3) is 0 Å². The predicted octanol–water partition coefficient (Wildman–Crippen LogP) is 3.01. The van der Waals surface area contributed by atoms with Crippen molar-refractivity contribution in [1.29, 1.82) is 0 Å². The van der Waals surface area contributed by atoms with E-state index < -0.39 is 39.2 Å². The van der Waals surface area contributed by atoms with E-state index in [9.17, 15) is 31.2 Å². The fourth-order valence-electron chi connectivity index (χ4n) is 4.13. The third-order valence-corrected chi connectivity index (χ3v) is 7.15. The van der Waals surface area contributed by atoms with Crippen LogP contribution in [0.2, 0.25) is 0 Å². The molecule has 1 aliphatic heterocycles. The highest BCUT2D eigenvalue weighted by Crippen LogP contribution is 2.33. The third kappa shape index (κ3) is 6.48. The van der Waals surface area contributed by atoms with E-state index in [1.165, 1.54) is 13.0 Å². The summed E-state index contributed by atoms with van der Waals surface area (Å²) in [6.07, 6.45) is -3.26. The van der Waals surface area contributed by atoms with Crippen molar-refractivity contribution in [3.8, 4) is 0 Å². The molecule has 202 valence electrons. The maximum Gasteiger partial charge on any atom is 0.434 e. The molecule has 14 heteroatoms. The molecule has 1 fully saturated rings. The highest BCUT2D eigenvalue weighted by atomic mass is 32.2. The molecule has 37 heavy (non-hydrogen) atoms. The Morgan fingerprint density at radius 2 is 1.92 bits per heavy atom. The number of piperazine rings is 1. The number of hydrogen-bond donors (Lipinski definition) is 1. The van der Waals surface area contributed by atoms with Gasteiger partial charge in [-0.05, 0) is 18.1 Å². The van der Waals surface area contributed by atoms with E-state index in [0.29, 0.717) is 30.5 Å². The molecule has 0 amide bonds. The zero-order valence-corrected chi connectivity index (χ0v) is 21.4. The first-order chi connectivity index (χ1) is 17.1. The number of alkyl halides is 3. The summed E-state index contributed by atoms with van der Waals surface area (Å²) in [4.78, 5) is 33.5. The number of carboxylic acid groups (broad SMARTS) is 1. The monoisotopic (exact) mass is 544 g/mol. The molecule has 3 rings (SSSR count). The summed E-state index contributed by atoms with van der Waals surface area (Å²) < 4.78 is 70.3. The summed E-state index contributed by atoms with van der Waals surface area (Å²) in [5.41, 5.74) is -1.64. The molecule has 0 saturated carbocycles. The summed E-state index contributed by atoms with van der Waals surface area (Å²) >= 11 is 0. The van der Waals surface area contributed by atoms with E-state index >= 15 is 0 Å². The number of aromatic nitrogens is 2. The molecule has 0 unspecified atom stereocenters. The molecule has 0 aliphatic carbocycles. The van der Waals surface area contributed by atoms with Crippen LogP contribution in [-0.4, -0.2) is 67.4 Å². The maximum atomic E-state index is 13.5. The van der Waals surface area contributed by atoms with Crippen LogP contribution in [0.5, 0.6) is 0 Å². The van der Waals surface area contributed by atoms with Crippen LogP contribution in [-0.2, 0) is 32.2 Å². The second kappa shape index (κ2) is 10.5. The molecule has 0 spiro atoms. The summed E-state index contributed by atoms with van der Waals surface area (Å²) in [5, 5.41) is 9.12. The molecule has 2 heterocycles. The van der Waals surface area contributed by atoms with Gasteiger partial charge in [0.05, 0.1) is 10.9 Å². The first-order valence-corrected chi connectivity index (χ1v) is 13.1. The van der Waals surface area contributed by atoms with Gasteiger partial charge in [-0.1, -0.05) is 19.9 Å². The van der Waals surface area contributed by atoms with Crippen LogP contribution in [0.3, 0.4) is 0 Å². The van der Waals surface area contributed by atoms with Crippen molar-refractivity contribution in [3.63, 3.8) is 0 Å². The summed E-state index contributed by atoms with van der Waals surface area (Å²) in [6, 6.07) is 4.38. The van der Waals surface area contributed by atoms with Gasteiger partial charge in [0.25, 0.3) is 0 Å². The second-order valence-electron chi connectivity index (χ2n) is 9.03. The van der Waals surface area contributed by atoms with Gasteiger partial charge in [0.2, 0.25) is 5.95 Å². The highest BCUT2D eigenvalue weighted by molar-refractivity contribution is 7.90. The van der Waals surface area contributed by atoms with Crippen LogP contribution in [0, 0.1) is 5.92 Å². The molecule has 1 atom stereocenters. The predicted molar refractivity (Wildman–Crippen MR) is 127 cm³/mol. The fourth-order valence-corrected chi connectivity index (χ4v) is 5.07. The van der Waals surface area contributed by atoms with Gasteiger partial charge in [-0.3, -0.25) is 4.79 Å². The molecular weight excluding hydrogens is 517 g/mol. The summed E-state index contributed by atoms with van der Waals surface area (Å²) in [5.74, 6) is -2.63. The number of ether oxygens (including phenoxy) is 1. The van der Waals surface area contributed by atoms with E-state index in [1.807, 2.05) is 18.7 Å². The zero-order chi connectivity index (χ0) is 27.7. The van der Waals surface area contributed by atoms with Crippen LogP contribution in [0.15, 0.2) is 29.3 Å². The number of esters is 1. The number of benzene rings is 1. The number of aromatic carboxylic acids is 1. The smallest absolute Gasteiger partial charge is 0.434 e. The van der Waals surface area contributed by atoms with Crippen LogP contribution < -0.4 is 9.80 Å². The van der Waals surface area contributed by atoms with Gasteiger partial charge in [-0.25, -0.2) is 23.2 Å². The molecule has 0 radical (unpaired) electrons. The first kappa shape index (κ1) is 28.2. The minimum atomic E-state index is -4.98. The van der Waals surface area contributed by atoms with Gasteiger partial charge >= 0.3 is 18.1 Å². The quantitative estimate of drug-likeness (QED) is 0.519. The Bertz CT molecular complexity index is 1300. The Balaban J connectivity index is 1.94. The summed E-state index contributed by atoms with van der Waals surface area (Å²) in [7, 11) is -3.66. The lowest BCUT2D eigenvalue weighted by Gasteiger charge is -2.44. The average Bonchev–Trinajstić information content (AvgIpc) is 2.80. The SMILES string of the molecule is CC(=O)OCc1ccc(N2CCN(c3ncc(C(=O)O)c(C(F)(F)F)n3)[C@H](C(C)C)C2)cc1S(C)(=O)=O. The van der Waals surface area contributed by atoms with Gasteiger partial charge in [-0.2, -0.15) is 13.2 Å². The van der Waals surface area contributed by atoms with E-state index in [2.05, 4.69) is 9.97 Å². The Morgan fingerprint density at radius 3 is 2.46 bits per heavy atom. The van der Waals surface area contributed by atoms with E-state index in [4.69, 9.17) is 9.84 Å². The molecule has 1 aliphatic rings. The van der Waals surface area contributed by atoms with Gasteiger partial charge < -0.3 is 19.6 Å². The van der Waals surface area contributed by atoms with E-state index in [-0.39, 0.29) is 36.0 Å². The van der Waals surface area contributed by atoms with Crippen LogP contribution >= 0.6 is 0 Å². The van der Waals surface area contributed by atoms with Crippen molar-refractivity contribution in [2.75, 3.05) is 35.7 Å². The van der Waals surface area contributed by atoms with Crippen molar-refractivity contribution in [2.45, 2.75) is 44.5 Å². The average molecular weight is 545 g/mol. The number of anilines is 2. The Kier molecular flexibility index (Phi) is 8.00. The zero-order valence-electron chi connectivity index (χ0n) is 20.6. The molecule has 1 aromatic heterocycles. The number of sulfone groups is 1. The Labute approximate surface area is 212 Å².